The van der Waals surface area contributed by atoms with Gasteiger partial charge in [-0.15, -0.1) is 0 Å². The fourth-order valence-electron chi connectivity index (χ4n) is 1.48. The average Bonchev–Trinajstić information content (AvgIpc) is 2.34. The zero-order chi connectivity index (χ0) is 12.7. The molecule has 0 aliphatic heterocycles. The highest BCUT2D eigenvalue weighted by Crippen LogP contribution is 2.11. The summed E-state index contributed by atoms with van der Waals surface area (Å²) in [5, 5.41) is 5.85. The van der Waals surface area contributed by atoms with Gasteiger partial charge in [-0.3, -0.25) is 9.78 Å². The van der Waals surface area contributed by atoms with Crippen molar-refractivity contribution in [2.75, 3.05) is 39.5 Å². The summed E-state index contributed by atoms with van der Waals surface area (Å²) in [6, 6.07) is 1.72. The van der Waals surface area contributed by atoms with Gasteiger partial charge in [-0.05, 0) is 33.1 Å². The Bertz CT molecular complexity index is 365. The van der Waals surface area contributed by atoms with Gasteiger partial charge in [0.1, 0.15) is 0 Å². The highest BCUT2D eigenvalue weighted by atomic mass is 16.1. The maximum Gasteiger partial charge on any atom is 0.253 e. The van der Waals surface area contributed by atoms with E-state index in [4.69, 9.17) is 0 Å². The second kappa shape index (κ2) is 6.85. The molecule has 0 atom stereocenters. The van der Waals surface area contributed by atoms with Gasteiger partial charge in [-0.1, -0.05) is 0 Å². The van der Waals surface area contributed by atoms with Crippen LogP contribution in [0.1, 0.15) is 16.8 Å². The molecule has 0 aliphatic rings. The van der Waals surface area contributed by atoms with Gasteiger partial charge >= 0.3 is 0 Å². The lowest BCUT2D eigenvalue weighted by Crippen LogP contribution is -2.27. The van der Waals surface area contributed by atoms with Crippen molar-refractivity contribution in [2.45, 2.75) is 6.42 Å². The van der Waals surface area contributed by atoms with Crippen molar-refractivity contribution in [3.63, 3.8) is 0 Å². The first-order valence-corrected chi connectivity index (χ1v) is 5.70. The number of nitrogens with one attached hydrogen (secondary N) is 2. The Morgan fingerprint density at radius 2 is 2.24 bits per heavy atom. The van der Waals surface area contributed by atoms with E-state index in [1.54, 1.807) is 25.5 Å². The van der Waals surface area contributed by atoms with E-state index in [0.29, 0.717) is 12.1 Å². The van der Waals surface area contributed by atoms with Crippen LogP contribution in [-0.4, -0.2) is 50.0 Å². The Hall–Kier alpha value is -1.62. The van der Waals surface area contributed by atoms with E-state index in [9.17, 15) is 4.79 Å². The summed E-state index contributed by atoms with van der Waals surface area (Å²) < 4.78 is 0. The van der Waals surface area contributed by atoms with E-state index >= 15 is 0 Å². The number of anilines is 1. The number of hydrogen-bond donors (Lipinski definition) is 2. The van der Waals surface area contributed by atoms with E-state index in [1.807, 2.05) is 14.1 Å². The van der Waals surface area contributed by atoms with E-state index < -0.39 is 0 Å². The minimum absolute atomic E-state index is 0.0597. The second-order valence-corrected chi connectivity index (χ2v) is 4.08. The van der Waals surface area contributed by atoms with Crippen molar-refractivity contribution in [2.24, 2.45) is 0 Å². The Balaban J connectivity index is 2.47. The number of aromatic nitrogens is 1. The molecule has 0 bridgehead atoms. The topological polar surface area (TPSA) is 57.3 Å². The summed E-state index contributed by atoms with van der Waals surface area (Å²) in [4.78, 5) is 17.9. The molecule has 0 fully saturated rings. The molecule has 1 amide bonds. The monoisotopic (exact) mass is 236 g/mol. The van der Waals surface area contributed by atoms with Gasteiger partial charge in [0.25, 0.3) is 5.91 Å². The molecule has 0 unspecified atom stereocenters. The normalized spacial score (nSPS) is 10.4. The van der Waals surface area contributed by atoms with Gasteiger partial charge in [-0.25, -0.2) is 0 Å². The van der Waals surface area contributed by atoms with E-state index in [2.05, 4.69) is 20.5 Å². The smallest absolute Gasteiger partial charge is 0.253 e. The quantitative estimate of drug-likeness (QED) is 0.718. The number of carbonyl (C=O) groups is 1. The van der Waals surface area contributed by atoms with Crippen LogP contribution in [0.5, 0.6) is 0 Å². The Labute approximate surface area is 102 Å². The number of nitrogens with zero attached hydrogens (tertiary/aromatic N) is 2. The molecule has 1 aromatic rings. The summed E-state index contributed by atoms with van der Waals surface area (Å²) >= 11 is 0. The number of amides is 1. The molecule has 5 heteroatoms. The summed E-state index contributed by atoms with van der Waals surface area (Å²) in [5.41, 5.74) is 1.38. The Morgan fingerprint density at radius 3 is 2.88 bits per heavy atom. The molecule has 0 aliphatic carbocycles. The van der Waals surface area contributed by atoms with Crippen molar-refractivity contribution in [3.05, 3.63) is 24.0 Å². The summed E-state index contributed by atoms with van der Waals surface area (Å²) in [6.07, 6.45) is 4.21. The second-order valence-electron chi connectivity index (χ2n) is 4.08. The van der Waals surface area contributed by atoms with Gasteiger partial charge in [-0.2, -0.15) is 0 Å². The van der Waals surface area contributed by atoms with Crippen molar-refractivity contribution in [1.29, 1.82) is 0 Å². The molecule has 17 heavy (non-hydrogen) atoms. The Morgan fingerprint density at radius 1 is 1.47 bits per heavy atom. The lowest BCUT2D eigenvalue weighted by Gasteiger charge is -2.11. The van der Waals surface area contributed by atoms with Crippen molar-refractivity contribution >= 4 is 11.6 Å². The van der Waals surface area contributed by atoms with Crippen LogP contribution < -0.4 is 10.6 Å². The van der Waals surface area contributed by atoms with Crippen LogP contribution in [0.2, 0.25) is 0 Å². The number of pyridine rings is 1. The third kappa shape index (κ3) is 4.40. The fraction of sp³-hybridized carbons (Fsp3) is 0.500. The predicted octanol–water partition coefficient (Wildman–Crippen LogP) is 0.805. The molecule has 1 heterocycles. The van der Waals surface area contributed by atoms with Gasteiger partial charge < -0.3 is 15.5 Å². The third-order valence-corrected chi connectivity index (χ3v) is 2.40. The van der Waals surface area contributed by atoms with Crippen LogP contribution in [0.3, 0.4) is 0 Å². The van der Waals surface area contributed by atoms with Crippen LogP contribution in [0.25, 0.3) is 0 Å². The van der Waals surface area contributed by atoms with Crippen LogP contribution in [0, 0.1) is 0 Å². The molecular weight excluding hydrogens is 216 g/mol. The summed E-state index contributed by atoms with van der Waals surface area (Å²) in [5.74, 6) is -0.0597. The average molecular weight is 236 g/mol. The first-order chi connectivity index (χ1) is 8.15. The highest BCUT2D eigenvalue weighted by molar-refractivity contribution is 5.99. The van der Waals surface area contributed by atoms with E-state index in [1.165, 1.54) is 0 Å². The van der Waals surface area contributed by atoms with E-state index in [-0.39, 0.29) is 5.91 Å². The van der Waals surface area contributed by atoms with Crippen molar-refractivity contribution in [3.8, 4) is 0 Å². The van der Waals surface area contributed by atoms with Gasteiger partial charge in [0.05, 0.1) is 17.4 Å². The van der Waals surface area contributed by atoms with Gasteiger partial charge in [0.15, 0.2) is 0 Å². The number of rotatable bonds is 6. The number of carbonyl (C=O) groups excluding carboxylic acids is 1. The largest absolute Gasteiger partial charge is 0.386 e. The fourth-order valence-corrected chi connectivity index (χ4v) is 1.48. The van der Waals surface area contributed by atoms with Crippen LogP contribution in [0.4, 0.5) is 5.69 Å². The van der Waals surface area contributed by atoms with Crippen LogP contribution in [0.15, 0.2) is 18.5 Å². The lowest BCUT2D eigenvalue weighted by molar-refractivity contribution is 0.0953. The molecule has 2 N–H and O–H groups in total. The standard InChI is InChI=1S/C12H20N4O/c1-13-11-9-14-7-5-10(11)12(17)15-6-4-8-16(2)3/h5,7,9,13H,4,6,8H2,1-3H3,(H,15,17). The Kier molecular flexibility index (Phi) is 5.42. The van der Waals surface area contributed by atoms with Crippen molar-refractivity contribution in [1.82, 2.24) is 15.2 Å². The minimum atomic E-state index is -0.0597. The molecule has 5 nitrogen and oxygen atoms in total. The van der Waals surface area contributed by atoms with E-state index in [0.717, 1.165) is 18.7 Å². The molecule has 0 aromatic carbocycles. The van der Waals surface area contributed by atoms with Crippen LogP contribution in [-0.2, 0) is 0 Å². The first kappa shape index (κ1) is 13.4. The zero-order valence-corrected chi connectivity index (χ0v) is 10.7. The highest BCUT2D eigenvalue weighted by Gasteiger charge is 2.09. The molecule has 0 radical (unpaired) electrons. The lowest BCUT2D eigenvalue weighted by atomic mass is 10.2. The molecule has 94 valence electrons. The third-order valence-electron chi connectivity index (χ3n) is 2.40. The molecule has 0 saturated carbocycles. The molecule has 0 spiro atoms. The maximum absolute atomic E-state index is 11.9. The maximum atomic E-state index is 11.9. The summed E-state index contributed by atoms with van der Waals surface area (Å²) in [7, 11) is 5.81. The van der Waals surface area contributed by atoms with Crippen LogP contribution >= 0.6 is 0 Å². The number of hydrogen-bond acceptors (Lipinski definition) is 4. The molecule has 0 saturated heterocycles. The zero-order valence-electron chi connectivity index (χ0n) is 10.7. The molecule has 1 aromatic heterocycles. The predicted molar refractivity (Wildman–Crippen MR) is 69.3 cm³/mol. The van der Waals surface area contributed by atoms with Crippen molar-refractivity contribution < 1.29 is 4.79 Å². The summed E-state index contributed by atoms with van der Waals surface area (Å²) in [6.45, 7) is 1.65. The first-order valence-electron chi connectivity index (χ1n) is 5.70. The molecular formula is C12H20N4O. The van der Waals surface area contributed by atoms with Gasteiger partial charge in [0, 0.05) is 19.8 Å². The SMILES string of the molecule is CNc1cnccc1C(=O)NCCCN(C)C. The van der Waals surface area contributed by atoms with Gasteiger partial charge in [0.2, 0.25) is 0 Å². The minimum Gasteiger partial charge on any atom is -0.386 e. The molecule has 1 rings (SSSR count).